The number of phenolic OH excluding ortho intramolecular Hbond substituents is 1. The Morgan fingerprint density at radius 2 is 1.85 bits per heavy atom. The van der Waals surface area contributed by atoms with Gasteiger partial charge >= 0.3 is 0 Å². The fourth-order valence-corrected chi connectivity index (χ4v) is 2.14. The number of ether oxygens (including phenoxy) is 1. The zero-order chi connectivity index (χ0) is 20.4. The number of guanidine groups is 1. The Balaban J connectivity index is 0.000000289. The summed E-state index contributed by atoms with van der Waals surface area (Å²) in [5.41, 5.74) is 8.39. The van der Waals surface area contributed by atoms with Crippen molar-refractivity contribution in [3.63, 3.8) is 0 Å². The molecule has 0 atom stereocenters. The lowest BCUT2D eigenvalue weighted by Gasteiger charge is -2.02. The summed E-state index contributed by atoms with van der Waals surface area (Å²) in [6.07, 6.45) is 1.40. The Labute approximate surface area is 156 Å². The molecule has 27 heavy (non-hydrogen) atoms. The summed E-state index contributed by atoms with van der Waals surface area (Å²) in [5, 5.41) is 24.7. The highest BCUT2D eigenvalue weighted by Crippen LogP contribution is 2.25. The summed E-state index contributed by atoms with van der Waals surface area (Å²) in [4.78, 5) is -0.0666. The van der Waals surface area contributed by atoms with Crippen LogP contribution in [0.1, 0.15) is 11.1 Å². The lowest BCUT2D eigenvalue weighted by Crippen LogP contribution is -2.27. The number of hydrogen-bond acceptors (Lipinski definition) is 7. The number of nitrogens with one attached hydrogen (secondary N) is 1. The molecule has 0 aromatic heterocycles. The van der Waals surface area contributed by atoms with Crippen molar-refractivity contribution in [3.8, 4) is 11.5 Å². The zero-order valence-corrected chi connectivity index (χ0v) is 15.4. The maximum atomic E-state index is 10.5. The van der Waals surface area contributed by atoms with Crippen LogP contribution in [0, 0.1) is 6.92 Å². The summed E-state index contributed by atoms with van der Waals surface area (Å²) in [5.74, 6) is 0.155. The molecule has 0 radical (unpaired) electrons. The largest absolute Gasteiger partial charge is 0.504 e. The number of hydroxylamine groups is 1. The Bertz CT molecular complexity index is 911. The SMILES string of the molecule is COc1cc(C=N/N=C(\N)NO)ccc1O.Cc1ccc(S(=O)(=O)O)cc1. The molecule has 0 fully saturated rings. The molecule has 10 nitrogen and oxygen atoms in total. The maximum Gasteiger partial charge on any atom is 0.294 e. The third kappa shape index (κ3) is 7.73. The van der Waals surface area contributed by atoms with E-state index in [1.54, 1.807) is 29.7 Å². The fourth-order valence-electron chi connectivity index (χ4n) is 1.66. The molecule has 11 heteroatoms. The second-order valence-corrected chi connectivity index (χ2v) is 6.48. The van der Waals surface area contributed by atoms with Gasteiger partial charge in [0.05, 0.1) is 18.2 Å². The second-order valence-electron chi connectivity index (χ2n) is 5.06. The van der Waals surface area contributed by atoms with Crippen molar-refractivity contribution in [2.24, 2.45) is 15.9 Å². The van der Waals surface area contributed by atoms with Crippen LogP contribution < -0.4 is 16.0 Å². The van der Waals surface area contributed by atoms with E-state index < -0.39 is 10.1 Å². The van der Waals surface area contributed by atoms with Gasteiger partial charge in [0.1, 0.15) is 0 Å². The van der Waals surface area contributed by atoms with Gasteiger partial charge in [-0.2, -0.15) is 13.5 Å². The van der Waals surface area contributed by atoms with Crippen LogP contribution in [-0.4, -0.2) is 42.6 Å². The normalized spacial score (nSPS) is 11.6. The number of rotatable bonds is 4. The molecule has 6 N–H and O–H groups in total. The number of methoxy groups -OCH3 is 1. The molecule has 2 aromatic rings. The van der Waals surface area contributed by atoms with Crippen LogP contribution in [0.5, 0.6) is 11.5 Å². The predicted molar refractivity (Wildman–Crippen MR) is 99.8 cm³/mol. The van der Waals surface area contributed by atoms with Crippen LogP contribution in [0.4, 0.5) is 0 Å². The van der Waals surface area contributed by atoms with Crippen LogP contribution in [0.3, 0.4) is 0 Å². The van der Waals surface area contributed by atoms with Crippen LogP contribution in [0.15, 0.2) is 57.6 Å². The molecule has 0 aliphatic rings. The molecule has 0 bridgehead atoms. The molecule has 0 spiro atoms. The highest BCUT2D eigenvalue weighted by atomic mass is 32.2. The van der Waals surface area contributed by atoms with Crippen LogP contribution in [0.2, 0.25) is 0 Å². The summed E-state index contributed by atoms with van der Waals surface area (Å²) < 4.78 is 34.5. The first-order valence-corrected chi connectivity index (χ1v) is 8.79. The van der Waals surface area contributed by atoms with Crippen molar-refractivity contribution in [2.75, 3.05) is 7.11 Å². The number of aryl methyl sites for hydroxylation is 1. The van der Waals surface area contributed by atoms with Crippen LogP contribution in [-0.2, 0) is 10.1 Å². The lowest BCUT2D eigenvalue weighted by molar-refractivity contribution is 0.232. The quantitative estimate of drug-likeness (QED) is 0.223. The van der Waals surface area contributed by atoms with Gasteiger partial charge in [-0.15, -0.1) is 5.10 Å². The number of nitrogens with two attached hydrogens (primary N) is 1. The lowest BCUT2D eigenvalue weighted by atomic mass is 10.2. The van der Waals surface area contributed by atoms with Gasteiger partial charge in [-0.25, -0.2) is 5.48 Å². The number of hydrogen-bond donors (Lipinski definition) is 5. The summed E-state index contributed by atoms with van der Waals surface area (Å²) in [6.45, 7) is 1.84. The van der Waals surface area contributed by atoms with E-state index in [0.717, 1.165) is 5.56 Å². The summed E-state index contributed by atoms with van der Waals surface area (Å²) in [6, 6.07) is 10.7. The number of nitrogens with zero attached hydrogens (tertiary/aromatic N) is 2. The number of phenols is 1. The topological polar surface area (TPSA) is 167 Å². The minimum Gasteiger partial charge on any atom is -0.504 e. The van der Waals surface area contributed by atoms with Gasteiger partial charge in [0.15, 0.2) is 11.5 Å². The van der Waals surface area contributed by atoms with Crippen LogP contribution in [0.25, 0.3) is 0 Å². The van der Waals surface area contributed by atoms with E-state index in [2.05, 4.69) is 10.2 Å². The smallest absolute Gasteiger partial charge is 0.294 e. The maximum absolute atomic E-state index is 10.5. The van der Waals surface area contributed by atoms with Crippen molar-refractivity contribution in [2.45, 2.75) is 11.8 Å². The van der Waals surface area contributed by atoms with E-state index >= 15 is 0 Å². The van der Waals surface area contributed by atoms with E-state index in [-0.39, 0.29) is 16.6 Å². The van der Waals surface area contributed by atoms with Crippen molar-refractivity contribution in [1.29, 1.82) is 0 Å². The first-order valence-electron chi connectivity index (χ1n) is 7.35. The first kappa shape index (κ1) is 21.9. The Kier molecular flexibility index (Phi) is 8.20. The summed E-state index contributed by atoms with van der Waals surface area (Å²) >= 11 is 0. The Morgan fingerprint density at radius 1 is 1.22 bits per heavy atom. The van der Waals surface area contributed by atoms with Gasteiger partial charge in [-0.05, 0) is 42.8 Å². The minimum atomic E-state index is -4.02. The molecule has 2 aromatic carbocycles. The van der Waals surface area contributed by atoms with Gasteiger partial charge in [0, 0.05) is 0 Å². The molecule has 0 aliphatic heterocycles. The van der Waals surface area contributed by atoms with E-state index in [1.165, 1.54) is 31.5 Å². The molecule has 0 aliphatic carbocycles. The monoisotopic (exact) mass is 396 g/mol. The van der Waals surface area contributed by atoms with E-state index in [1.807, 2.05) is 6.92 Å². The molecular weight excluding hydrogens is 376 g/mol. The molecule has 0 amide bonds. The average molecular weight is 396 g/mol. The minimum absolute atomic E-state index is 0.0414. The molecular formula is C16H20N4O6S. The standard InChI is InChI=1S/C9H12N4O3.C7H8O3S/c1-16-8-4-6(2-3-7(8)14)5-11-12-9(10)13-15;1-6-2-4-7(5-3-6)11(8,9)10/h2-5,14-15H,1H3,(H3,10,12,13);2-5H,1H3,(H,8,9,10). The van der Waals surface area contributed by atoms with Gasteiger partial charge < -0.3 is 15.6 Å². The molecule has 0 unspecified atom stereocenters. The molecule has 0 saturated heterocycles. The van der Waals surface area contributed by atoms with Crippen LogP contribution >= 0.6 is 0 Å². The first-order chi connectivity index (χ1) is 12.7. The molecule has 0 saturated carbocycles. The summed E-state index contributed by atoms with van der Waals surface area (Å²) in [7, 11) is -2.57. The van der Waals surface area contributed by atoms with Crippen molar-refractivity contribution in [1.82, 2.24) is 5.48 Å². The highest BCUT2D eigenvalue weighted by molar-refractivity contribution is 7.85. The third-order valence-electron chi connectivity index (χ3n) is 3.01. The Hall–Kier alpha value is -3.15. The fraction of sp³-hybridized carbons (Fsp3) is 0.125. The van der Waals surface area contributed by atoms with Gasteiger partial charge in [-0.1, -0.05) is 17.7 Å². The Morgan fingerprint density at radius 3 is 2.37 bits per heavy atom. The van der Waals surface area contributed by atoms with Gasteiger partial charge in [0.2, 0.25) is 5.96 Å². The van der Waals surface area contributed by atoms with Crippen molar-refractivity contribution in [3.05, 3.63) is 53.6 Å². The van der Waals surface area contributed by atoms with Gasteiger partial charge in [-0.3, -0.25) is 9.76 Å². The molecule has 2 rings (SSSR count). The van der Waals surface area contributed by atoms with Crippen molar-refractivity contribution >= 4 is 22.3 Å². The van der Waals surface area contributed by atoms with E-state index in [4.69, 9.17) is 20.2 Å². The predicted octanol–water partition coefficient (Wildman–Crippen LogP) is 1.27. The van der Waals surface area contributed by atoms with E-state index in [0.29, 0.717) is 11.3 Å². The van der Waals surface area contributed by atoms with Crippen molar-refractivity contribution < 1.29 is 28.0 Å². The highest BCUT2D eigenvalue weighted by Gasteiger charge is 2.06. The molecule has 0 heterocycles. The number of benzene rings is 2. The average Bonchev–Trinajstić information content (AvgIpc) is 2.63. The number of aromatic hydroxyl groups is 1. The molecule has 146 valence electrons. The zero-order valence-electron chi connectivity index (χ0n) is 14.6. The second kappa shape index (κ2) is 10.1. The third-order valence-corrected chi connectivity index (χ3v) is 3.88. The van der Waals surface area contributed by atoms with E-state index in [9.17, 15) is 13.5 Å². The van der Waals surface area contributed by atoms with Gasteiger partial charge in [0.25, 0.3) is 10.1 Å².